The van der Waals surface area contributed by atoms with Crippen molar-refractivity contribution in [3.63, 3.8) is 0 Å². The van der Waals surface area contributed by atoms with Crippen LogP contribution in [0.15, 0.2) is 18.2 Å². The maximum atomic E-state index is 12.9. The van der Waals surface area contributed by atoms with Crippen molar-refractivity contribution in [2.75, 3.05) is 6.54 Å². The second kappa shape index (κ2) is 6.90. The van der Waals surface area contributed by atoms with Gasteiger partial charge in [0.1, 0.15) is 11.6 Å². The van der Waals surface area contributed by atoms with E-state index in [1.807, 2.05) is 0 Å². The Morgan fingerprint density at radius 3 is 2.83 bits per heavy atom. The van der Waals surface area contributed by atoms with Crippen molar-refractivity contribution in [1.82, 2.24) is 5.32 Å². The Morgan fingerprint density at radius 1 is 1.44 bits per heavy atom. The van der Waals surface area contributed by atoms with Crippen molar-refractivity contribution in [2.45, 2.75) is 19.3 Å². The fourth-order valence-corrected chi connectivity index (χ4v) is 1.56. The van der Waals surface area contributed by atoms with Crippen LogP contribution in [0.3, 0.4) is 0 Å². The highest BCUT2D eigenvalue weighted by Crippen LogP contribution is 2.17. The molecule has 0 heterocycles. The van der Waals surface area contributed by atoms with Gasteiger partial charge in [0.25, 0.3) is 5.91 Å². The third-order valence-corrected chi connectivity index (χ3v) is 2.54. The lowest BCUT2D eigenvalue weighted by Gasteiger charge is -2.06. The van der Waals surface area contributed by atoms with E-state index in [4.69, 9.17) is 18.0 Å². The van der Waals surface area contributed by atoms with Crippen molar-refractivity contribution in [3.05, 3.63) is 29.6 Å². The van der Waals surface area contributed by atoms with Crippen LogP contribution in [0.5, 0.6) is 5.75 Å². The first-order chi connectivity index (χ1) is 8.50. The van der Waals surface area contributed by atoms with Crippen LogP contribution >= 0.6 is 12.2 Å². The number of aromatic hydroxyl groups is 1. The molecular weight excluding hydrogens is 255 g/mol. The Bertz CT molecular complexity index is 452. The normalized spacial score (nSPS) is 10.1. The molecule has 0 atom stereocenters. The predicted octanol–water partition coefficient (Wildman–Crippen LogP) is 1.72. The number of nitrogens with one attached hydrogen (secondary N) is 1. The lowest BCUT2D eigenvalue weighted by molar-refractivity contribution is 0.0950. The highest BCUT2D eigenvalue weighted by atomic mass is 32.1. The first-order valence-corrected chi connectivity index (χ1v) is 5.96. The van der Waals surface area contributed by atoms with Crippen molar-refractivity contribution in [1.29, 1.82) is 0 Å². The molecule has 98 valence electrons. The summed E-state index contributed by atoms with van der Waals surface area (Å²) in [6.45, 7) is 0.428. The Kier molecular flexibility index (Phi) is 5.51. The molecule has 1 rings (SSSR count). The number of thiocarbonyl (C=S) groups is 1. The van der Waals surface area contributed by atoms with Crippen LogP contribution in [0.4, 0.5) is 4.39 Å². The van der Waals surface area contributed by atoms with E-state index >= 15 is 0 Å². The van der Waals surface area contributed by atoms with Gasteiger partial charge in [-0.15, -0.1) is 0 Å². The van der Waals surface area contributed by atoms with Crippen LogP contribution in [-0.2, 0) is 0 Å². The van der Waals surface area contributed by atoms with Gasteiger partial charge in [-0.05, 0) is 37.5 Å². The van der Waals surface area contributed by atoms with E-state index in [1.54, 1.807) is 0 Å². The van der Waals surface area contributed by atoms with Gasteiger partial charge in [-0.3, -0.25) is 4.79 Å². The van der Waals surface area contributed by atoms with Crippen LogP contribution in [0, 0.1) is 5.82 Å². The highest BCUT2D eigenvalue weighted by molar-refractivity contribution is 7.80. The van der Waals surface area contributed by atoms with Gasteiger partial charge in [0.2, 0.25) is 0 Å². The third-order valence-electron chi connectivity index (χ3n) is 2.34. The van der Waals surface area contributed by atoms with Crippen LogP contribution in [0.25, 0.3) is 0 Å². The molecule has 0 fully saturated rings. The number of nitrogens with two attached hydrogens (primary N) is 1. The van der Waals surface area contributed by atoms with Gasteiger partial charge in [0, 0.05) is 6.54 Å². The van der Waals surface area contributed by atoms with Crippen molar-refractivity contribution < 1.29 is 14.3 Å². The molecule has 0 aliphatic heterocycles. The van der Waals surface area contributed by atoms with Crippen molar-refractivity contribution >= 4 is 23.1 Å². The average molecular weight is 270 g/mol. The summed E-state index contributed by atoms with van der Waals surface area (Å²) in [6.07, 6.45) is 2.14. The molecule has 0 unspecified atom stereocenters. The van der Waals surface area contributed by atoms with E-state index in [-0.39, 0.29) is 11.3 Å². The molecule has 4 nitrogen and oxygen atoms in total. The number of rotatable bonds is 6. The average Bonchev–Trinajstić information content (AvgIpc) is 2.31. The fraction of sp³-hybridized carbons (Fsp3) is 0.333. The van der Waals surface area contributed by atoms with Crippen LogP contribution in [0.2, 0.25) is 0 Å². The van der Waals surface area contributed by atoms with E-state index in [0.29, 0.717) is 18.0 Å². The zero-order chi connectivity index (χ0) is 13.5. The topological polar surface area (TPSA) is 75.3 Å². The summed E-state index contributed by atoms with van der Waals surface area (Å²) in [6, 6.07) is 3.24. The number of phenols is 1. The van der Waals surface area contributed by atoms with Gasteiger partial charge in [0.05, 0.1) is 10.6 Å². The zero-order valence-electron chi connectivity index (χ0n) is 9.78. The number of benzene rings is 1. The number of amides is 1. The summed E-state index contributed by atoms with van der Waals surface area (Å²) in [5.74, 6) is -1.30. The monoisotopic (exact) mass is 270 g/mol. The molecule has 6 heteroatoms. The largest absolute Gasteiger partial charge is 0.507 e. The van der Waals surface area contributed by atoms with Gasteiger partial charge >= 0.3 is 0 Å². The molecule has 0 aromatic heterocycles. The summed E-state index contributed by atoms with van der Waals surface area (Å²) >= 11 is 4.72. The fourth-order valence-electron chi connectivity index (χ4n) is 1.41. The van der Waals surface area contributed by atoms with Gasteiger partial charge in [0.15, 0.2) is 0 Å². The third kappa shape index (κ3) is 4.67. The van der Waals surface area contributed by atoms with Gasteiger partial charge in [-0.2, -0.15) is 0 Å². The van der Waals surface area contributed by atoms with Crippen LogP contribution in [0.1, 0.15) is 29.6 Å². The standard InChI is InChI=1S/C12H15FN2O2S/c13-8-4-5-10(16)9(7-8)12(17)15-6-2-1-3-11(14)18/h4-5,7,16H,1-3,6H2,(H2,14,18)(H,15,17). The van der Waals surface area contributed by atoms with Gasteiger partial charge in [-0.1, -0.05) is 12.2 Å². The second-order valence-corrected chi connectivity index (χ2v) is 4.37. The Morgan fingerprint density at radius 2 is 2.17 bits per heavy atom. The second-order valence-electron chi connectivity index (χ2n) is 3.84. The molecule has 1 aromatic carbocycles. The Hall–Kier alpha value is -1.69. The van der Waals surface area contributed by atoms with E-state index in [0.717, 1.165) is 31.0 Å². The predicted molar refractivity (Wildman–Crippen MR) is 71.0 cm³/mol. The minimum Gasteiger partial charge on any atom is -0.507 e. The van der Waals surface area contributed by atoms with E-state index < -0.39 is 11.7 Å². The lowest BCUT2D eigenvalue weighted by atomic mass is 10.1. The van der Waals surface area contributed by atoms with Crippen molar-refractivity contribution in [2.24, 2.45) is 5.73 Å². The summed E-state index contributed by atoms with van der Waals surface area (Å²) in [5.41, 5.74) is 5.27. The minimum absolute atomic E-state index is 0.0654. The number of hydrogen-bond donors (Lipinski definition) is 3. The maximum absolute atomic E-state index is 12.9. The minimum atomic E-state index is -0.563. The van der Waals surface area contributed by atoms with E-state index in [1.165, 1.54) is 0 Å². The lowest BCUT2D eigenvalue weighted by Crippen LogP contribution is -2.24. The molecule has 0 saturated heterocycles. The molecule has 18 heavy (non-hydrogen) atoms. The number of hydrogen-bond acceptors (Lipinski definition) is 3. The summed E-state index contributed by atoms with van der Waals surface area (Å²) in [5, 5.41) is 12.0. The van der Waals surface area contributed by atoms with Gasteiger partial charge in [-0.25, -0.2) is 4.39 Å². The van der Waals surface area contributed by atoms with E-state index in [2.05, 4.69) is 5.32 Å². The maximum Gasteiger partial charge on any atom is 0.255 e. The number of phenolic OH excluding ortho intramolecular Hbond substituents is 1. The molecule has 4 N–H and O–H groups in total. The number of carbonyl (C=O) groups excluding carboxylic acids is 1. The Balaban J connectivity index is 2.41. The molecule has 0 spiro atoms. The summed E-state index contributed by atoms with van der Waals surface area (Å²) in [7, 11) is 0. The molecule has 0 bridgehead atoms. The quantitative estimate of drug-likeness (QED) is 0.543. The molecule has 0 saturated carbocycles. The van der Waals surface area contributed by atoms with Crippen LogP contribution in [-0.4, -0.2) is 22.5 Å². The molecular formula is C12H15FN2O2S. The summed E-state index contributed by atoms with van der Waals surface area (Å²) in [4.78, 5) is 12.1. The van der Waals surface area contributed by atoms with Gasteiger partial charge < -0.3 is 16.2 Å². The summed E-state index contributed by atoms with van der Waals surface area (Å²) < 4.78 is 12.9. The van der Waals surface area contributed by atoms with Crippen LogP contribution < -0.4 is 11.1 Å². The first-order valence-electron chi connectivity index (χ1n) is 5.55. The number of unbranched alkanes of at least 4 members (excludes halogenated alkanes) is 1. The van der Waals surface area contributed by atoms with Crippen molar-refractivity contribution in [3.8, 4) is 5.75 Å². The van der Waals surface area contributed by atoms with E-state index in [9.17, 15) is 14.3 Å². The molecule has 0 aliphatic carbocycles. The first kappa shape index (κ1) is 14.4. The highest BCUT2D eigenvalue weighted by Gasteiger charge is 2.11. The smallest absolute Gasteiger partial charge is 0.255 e. The number of carbonyl (C=O) groups is 1. The molecule has 0 aliphatic rings. The number of halogens is 1. The molecule has 1 aromatic rings. The molecule has 0 radical (unpaired) electrons. The zero-order valence-corrected chi connectivity index (χ0v) is 10.6. The SMILES string of the molecule is NC(=S)CCCCNC(=O)c1cc(F)ccc1O. The molecule has 1 amide bonds. The Labute approximate surface area is 110 Å².